The Labute approximate surface area is 197 Å². The molecular formula is C26H15ClFNO5. The van der Waals surface area contributed by atoms with Crippen molar-refractivity contribution in [1.82, 2.24) is 0 Å². The van der Waals surface area contributed by atoms with Crippen molar-refractivity contribution in [3.05, 3.63) is 100 Å². The first kappa shape index (κ1) is 20.9. The number of Topliss-reactive ketones (excluding diaryl/α,β-unsaturated/α-hetero) is 2. The van der Waals surface area contributed by atoms with Crippen LogP contribution in [0.1, 0.15) is 32.4 Å². The summed E-state index contributed by atoms with van der Waals surface area (Å²) in [4.78, 5) is 55.7. The number of ketones is 2. The molecule has 3 atom stereocenters. The predicted octanol–water partition coefficient (Wildman–Crippen LogP) is 4.17. The molecule has 3 aromatic carbocycles. The number of carbonyl (C=O) groups excluding carboxylic acids is 4. The van der Waals surface area contributed by atoms with Crippen molar-refractivity contribution >= 4 is 40.7 Å². The van der Waals surface area contributed by atoms with Crippen molar-refractivity contribution in [3.8, 4) is 0 Å². The van der Waals surface area contributed by atoms with E-state index in [0.29, 0.717) is 10.6 Å². The van der Waals surface area contributed by atoms with Gasteiger partial charge >= 0.3 is 0 Å². The highest BCUT2D eigenvalue weighted by molar-refractivity contribution is 6.37. The van der Waals surface area contributed by atoms with Crippen LogP contribution in [-0.4, -0.2) is 29.0 Å². The summed E-state index contributed by atoms with van der Waals surface area (Å²) in [7, 11) is 0. The molecule has 2 aliphatic heterocycles. The molecule has 2 saturated heterocycles. The Morgan fingerprint density at radius 1 is 0.794 bits per heavy atom. The summed E-state index contributed by atoms with van der Waals surface area (Å²) in [6, 6.07) is 17.6. The van der Waals surface area contributed by atoms with Crippen molar-refractivity contribution < 1.29 is 28.3 Å². The van der Waals surface area contributed by atoms with Crippen LogP contribution in [0.3, 0.4) is 0 Å². The van der Waals surface area contributed by atoms with Gasteiger partial charge in [-0.05, 0) is 42.0 Å². The lowest BCUT2D eigenvalue weighted by Crippen LogP contribution is -2.51. The molecule has 6 nitrogen and oxygen atoms in total. The van der Waals surface area contributed by atoms with Gasteiger partial charge in [-0.1, -0.05) is 48.0 Å². The number of hydrogen-bond acceptors (Lipinski definition) is 5. The van der Waals surface area contributed by atoms with Gasteiger partial charge in [-0.3, -0.25) is 19.2 Å². The predicted molar refractivity (Wildman–Crippen MR) is 119 cm³/mol. The molecule has 168 valence electrons. The molecule has 0 N–H and O–H groups in total. The molecular weight excluding hydrogens is 461 g/mol. The molecule has 3 aromatic rings. The largest absolute Gasteiger partial charge is 0.349 e. The van der Waals surface area contributed by atoms with Crippen LogP contribution in [0.2, 0.25) is 5.02 Å². The molecule has 2 amide bonds. The lowest BCUT2D eigenvalue weighted by molar-refractivity contribution is -0.127. The second kappa shape index (κ2) is 7.16. The summed E-state index contributed by atoms with van der Waals surface area (Å²) >= 11 is 5.96. The Bertz CT molecular complexity index is 1370. The molecule has 8 heteroatoms. The number of fused-ring (bicyclic) bond motifs is 3. The van der Waals surface area contributed by atoms with Crippen LogP contribution in [0.5, 0.6) is 0 Å². The number of rotatable bonds is 2. The highest BCUT2D eigenvalue weighted by Gasteiger charge is 2.74. The first-order valence-electron chi connectivity index (χ1n) is 10.6. The molecule has 0 radical (unpaired) electrons. The van der Waals surface area contributed by atoms with E-state index in [4.69, 9.17) is 16.3 Å². The molecule has 0 unspecified atom stereocenters. The Morgan fingerprint density at radius 2 is 1.38 bits per heavy atom. The fraction of sp³-hybridized carbons (Fsp3) is 0.154. The molecule has 1 aliphatic carbocycles. The van der Waals surface area contributed by atoms with Crippen LogP contribution in [0.25, 0.3) is 0 Å². The van der Waals surface area contributed by atoms with E-state index < -0.39 is 52.7 Å². The maximum Gasteiger partial charge on any atom is 0.241 e. The van der Waals surface area contributed by atoms with Crippen LogP contribution in [0.15, 0.2) is 72.8 Å². The van der Waals surface area contributed by atoms with Gasteiger partial charge < -0.3 is 4.74 Å². The Morgan fingerprint density at radius 3 is 1.97 bits per heavy atom. The molecule has 3 aliphatic rings. The zero-order valence-electron chi connectivity index (χ0n) is 17.4. The Kier molecular flexibility index (Phi) is 4.40. The third kappa shape index (κ3) is 2.59. The monoisotopic (exact) mass is 475 g/mol. The van der Waals surface area contributed by atoms with Gasteiger partial charge in [-0.25, -0.2) is 9.29 Å². The summed E-state index contributed by atoms with van der Waals surface area (Å²) in [6.07, 6.45) is -1.10. The quantitative estimate of drug-likeness (QED) is 0.410. The van der Waals surface area contributed by atoms with E-state index in [1.807, 2.05) is 0 Å². The number of ether oxygens (including phenoxy) is 1. The lowest BCUT2D eigenvalue weighted by atomic mass is 9.77. The molecule has 0 bridgehead atoms. The van der Waals surface area contributed by atoms with Crippen molar-refractivity contribution in [3.63, 3.8) is 0 Å². The third-order valence-electron chi connectivity index (χ3n) is 6.80. The number of benzene rings is 3. The molecule has 6 rings (SSSR count). The molecule has 0 aromatic heterocycles. The minimum Gasteiger partial charge on any atom is -0.349 e. The zero-order chi connectivity index (χ0) is 23.8. The lowest BCUT2D eigenvalue weighted by Gasteiger charge is -2.27. The van der Waals surface area contributed by atoms with E-state index in [0.717, 1.165) is 4.90 Å². The standard InChI is InChI=1S/C26H15ClFNO5/c27-14-7-11-16(12-8-14)29-24(32)19-20(25(29)33)26(34-21(19)13-5-9-15(28)10-6-13)22(30)17-3-1-2-4-18(17)23(26)31/h1-12,19-21H/t19-,20+,21+/m0/s1. The Hall–Kier alpha value is -3.68. The van der Waals surface area contributed by atoms with E-state index in [2.05, 4.69) is 0 Å². The SMILES string of the molecule is O=C1[C@@H]2[C@@H](c3ccc(F)cc3)OC3(C(=O)c4ccccc4C3=O)[C@H]2C(=O)N1c1ccc(Cl)cc1. The average Bonchev–Trinajstić information content (AvgIpc) is 3.40. The minimum atomic E-state index is -2.17. The van der Waals surface area contributed by atoms with Gasteiger partial charge in [-0.15, -0.1) is 0 Å². The minimum absolute atomic E-state index is 0.149. The summed E-state index contributed by atoms with van der Waals surface area (Å²) < 4.78 is 19.7. The van der Waals surface area contributed by atoms with E-state index in [1.54, 1.807) is 12.1 Å². The van der Waals surface area contributed by atoms with Gasteiger partial charge in [0.25, 0.3) is 0 Å². The maximum absolute atomic E-state index is 13.7. The fourth-order valence-electron chi connectivity index (χ4n) is 5.32. The van der Waals surface area contributed by atoms with Gasteiger partial charge in [0.2, 0.25) is 29.0 Å². The first-order valence-corrected chi connectivity index (χ1v) is 11.0. The van der Waals surface area contributed by atoms with Gasteiger partial charge in [0, 0.05) is 16.1 Å². The van der Waals surface area contributed by atoms with Crippen LogP contribution in [-0.2, 0) is 14.3 Å². The fourth-order valence-corrected chi connectivity index (χ4v) is 5.44. The van der Waals surface area contributed by atoms with Crippen molar-refractivity contribution in [2.75, 3.05) is 4.90 Å². The number of hydrogen-bond donors (Lipinski definition) is 0. The van der Waals surface area contributed by atoms with E-state index >= 15 is 0 Å². The number of anilines is 1. The molecule has 34 heavy (non-hydrogen) atoms. The third-order valence-corrected chi connectivity index (χ3v) is 7.05. The second-order valence-electron chi connectivity index (χ2n) is 8.52. The molecule has 0 saturated carbocycles. The summed E-state index contributed by atoms with van der Waals surface area (Å²) in [5.41, 5.74) is -1.20. The highest BCUT2D eigenvalue weighted by atomic mass is 35.5. The number of halogens is 2. The summed E-state index contributed by atoms with van der Waals surface area (Å²) in [6.45, 7) is 0. The zero-order valence-corrected chi connectivity index (χ0v) is 18.2. The number of carbonyl (C=O) groups is 4. The van der Waals surface area contributed by atoms with Gasteiger partial charge in [0.05, 0.1) is 23.6 Å². The highest BCUT2D eigenvalue weighted by Crippen LogP contribution is 2.57. The Balaban J connectivity index is 1.54. The van der Waals surface area contributed by atoms with Gasteiger partial charge in [0.15, 0.2) is 0 Å². The van der Waals surface area contributed by atoms with E-state index in [1.165, 1.54) is 60.7 Å². The number of amides is 2. The summed E-state index contributed by atoms with van der Waals surface area (Å²) in [5.74, 6) is -5.59. The smallest absolute Gasteiger partial charge is 0.241 e. The first-order chi connectivity index (χ1) is 16.3. The number of nitrogens with zero attached hydrogens (tertiary/aromatic N) is 1. The average molecular weight is 476 g/mol. The number of imide groups is 1. The van der Waals surface area contributed by atoms with E-state index in [-0.39, 0.29) is 16.8 Å². The topological polar surface area (TPSA) is 80.8 Å². The van der Waals surface area contributed by atoms with Crippen molar-refractivity contribution in [1.29, 1.82) is 0 Å². The van der Waals surface area contributed by atoms with Gasteiger partial charge in [-0.2, -0.15) is 0 Å². The van der Waals surface area contributed by atoms with Crippen LogP contribution in [0, 0.1) is 17.7 Å². The molecule has 2 heterocycles. The summed E-state index contributed by atoms with van der Waals surface area (Å²) in [5, 5.41) is 0.420. The van der Waals surface area contributed by atoms with Gasteiger partial charge in [0.1, 0.15) is 5.82 Å². The van der Waals surface area contributed by atoms with Crippen LogP contribution < -0.4 is 4.90 Å². The molecule has 2 fully saturated rings. The maximum atomic E-state index is 13.7. The van der Waals surface area contributed by atoms with Crippen LogP contribution in [0.4, 0.5) is 10.1 Å². The van der Waals surface area contributed by atoms with Crippen molar-refractivity contribution in [2.24, 2.45) is 11.8 Å². The van der Waals surface area contributed by atoms with Crippen LogP contribution >= 0.6 is 11.6 Å². The van der Waals surface area contributed by atoms with Crippen molar-refractivity contribution in [2.45, 2.75) is 11.7 Å². The second-order valence-corrected chi connectivity index (χ2v) is 8.96. The normalized spacial score (nSPS) is 24.8. The molecule has 1 spiro atoms. The van der Waals surface area contributed by atoms with E-state index in [9.17, 15) is 23.6 Å².